The van der Waals surface area contributed by atoms with Gasteiger partial charge in [0, 0.05) is 8.42 Å². The molecule has 0 heterocycles. The Morgan fingerprint density at radius 1 is 1.50 bits per heavy atom. The molecule has 4 heteroatoms. The molecule has 0 unspecified atom stereocenters. The molecular formula is C8H13BO3. The van der Waals surface area contributed by atoms with Crippen LogP contribution in [-0.2, 0) is 0 Å². The monoisotopic (exact) mass is 168 g/mol. The van der Waals surface area contributed by atoms with E-state index >= 15 is 0 Å². The highest BCUT2D eigenvalue weighted by Gasteiger charge is 2.11. The molecule has 2 N–H and O–H groups in total. The van der Waals surface area contributed by atoms with Gasteiger partial charge in [0.2, 0.25) is 0 Å². The highest BCUT2D eigenvalue weighted by Crippen LogP contribution is 1.97. The van der Waals surface area contributed by atoms with Crippen molar-refractivity contribution in [1.82, 2.24) is 0 Å². The van der Waals surface area contributed by atoms with E-state index in [1.165, 1.54) is 13.0 Å². The minimum Gasteiger partial charge on any atom is -0.423 e. The Morgan fingerprint density at radius 3 is 2.67 bits per heavy atom. The van der Waals surface area contributed by atoms with Crippen molar-refractivity contribution in [2.45, 2.75) is 6.92 Å². The topological polar surface area (TPSA) is 57.5 Å². The summed E-state index contributed by atoms with van der Waals surface area (Å²) in [7, 11) is -1.51. The fraction of sp³-hybridized carbons (Fsp3) is 0.125. The molecule has 0 aromatic heterocycles. The summed E-state index contributed by atoms with van der Waals surface area (Å²) < 4.78 is 0. The normalized spacial score (nSPS) is 9.58. The fourth-order valence-electron chi connectivity index (χ4n) is 0.918. The van der Waals surface area contributed by atoms with Crippen LogP contribution in [0.2, 0.25) is 0 Å². The number of benzene rings is 1. The molecule has 0 aliphatic rings. The first kappa shape index (κ1) is 8.97. The maximum Gasteiger partial charge on any atom is 0.488 e. The van der Waals surface area contributed by atoms with Crippen molar-refractivity contribution in [2.75, 3.05) is 0 Å². The SMILES string of the molecule is CC(=O)c1cccc(B(O)O)c1.[HH].[HH]. The third-order valence-electron chi connectivity index (χ3n) is 1.59. The van der Waals surface area contributed by atoms with Crippen LogP contribution < -0.4 is 5.46 Å². The Bertz CT molecular complexity index is 304. The molecule has 0 spiro atoms. The number of rotatable bonds is 2. The molecule has 0 aliphatic heterocycles. The number of hydrogen-bond acceptors (Lipinski definition) is 3. The van der Waals surface area contributed by atoms with Crippen LogP contribution in [0.1, 0.15) is 20.1 Å². The zero-order valence-electron chi connectivity index (χ0n) is 6.69. The van der Waals surface area contributed by atoms with E-state index in [0.29, 0.717) is 11.0 Å². The average Bonchev–Trinajstić information content (AvgIpc) is 2.04. The second kappa shape index (κ2) is 3.52. The molecule has 12 heavy (non-hydrogen) atoms. The summed E-state index contributed by atoms with van der Waals surface area (Å²) in [4.78, 5) is 10.9. The van der Waals surface area contributed by atoms with Gasteiger partial charge >= 0.3 is 7.12 Å². The Labute approximate surface area is 73.8 Å². The first-order valence-electron chi connectivity index (χ1n) is 3.58. The number of ketones is 1. The Morgan fingerprint density at radius 2 is 2.17 bits per heavy atom. The third-order valence-corrected chi connectivity index (χ3v) is 1.59. The largest absolute Gasteiger partial charge is 0.488 e. The molecule has 0 atom stereocenters. The second-order valence-corrected chi connectivity index (χ2v) is 2.56. The van der Waals surface area contributed by atoms with Gasteiger partial charge in [-0.15, -0.1) is 0 Å². The van der Waals surface area contributed by atoms with Crippen LogP contribution in [0.4, 0.5) is 0 Å². The van der Waals surface area contributed by atoms with Crippen molar-refractivity contribution in [3.63, 3.8) is 0 Å². The molecule has 1 aromatic carbocycles. The third kappa shape index (κ3) is 1.93. The molecule has 0 bridgehead atoms. The first-order chi connectivity index (χ1) is 5.61. The van der Waals surface area contributed by atoms with E-state index < -0.39 is 7.12 Å². The van der Waals surface area contributed by atoms with Gasteiger partial charge in [-0.05, 0) is 12.4 Å². The van der Waals surface area contributed by atoms with E-state index in [4.69, 9.17) is 10.0 Å². The number of carbonyl (C=O) groups is 1. The molecule has 0 amide bonds. The van der Waals surface area contributed by atoms with Crippen molar-refractivity contribution in [3.8, 4) is 0 Å². The number of carbonyl (C=O) groups excluding carboxylic acids is 1. The molecule has 0 saturated carbocycles. The maximum atomic E-state index is 10.9. The fourth-order valence-corrected chi connectivity index (χ4v) is 0.918. The van der Waals surface area contributed by atoms with Gasteiger partial charge in [-0.2, -0.15) is 0 Å². The molecule has 3 nitrogen and oxygen atoms in total. The van der Waals surface area contributed by atoms with Gasteiger partial charge in [0.25, 0.3) is 0 Å². The van der Waals surface area contributed by atoms with Gasteiger partial charge in [0.15, 0.2) is 5.78 Å². The molecule has 0 saturated heterocycles. The molecule has 0 aliphatic carbocycles. The predicted octanol–water partition coefficient (Wildman–Crippen LogP) is 0.0610. The minimum atomic E-state index is -1.51. The van der Waals surface area contributed by atoms with Gasteiger partial charge < -0.3 is 10.0 Å². The van der Waals surface area contributed by atoms with E-state index in [-0.39, 0.29) is 8.64 Å². The van der Waals surface area contributed by atoms with Gasteiger partial charge in [-0.25, -0.2) is 0 Å². The van der Waals surface area contributed by atoms with Crippen LogP contribution in [0.15, 0.2) is 24.3 Å². The summed E-state index contributed by atoms with van der Waals surface area (Å²) in [6.07, 6.45) is 0. The summed E-state index contributed by atoms with van der Waals surface area (Å²) in [6.45, 7) is 1.43. The highest BCUT2D eigenvalue weighted by molar-refractivity contribution is 6.58. The summed E-state index contributed by atoms with van der Waals surface area (Å²) in [5, 5.41) is 17.5. The molecule has 1 rings (SSSR count). The summed E-state index contributed by atoms with van der Waals surface area (Å²) >= 11 is 0. The van der Waals surface area contributed by atoms with Crippen LogP contribution in [0.25, 0.3) is 0 Å². The quantitative estimate of drug-likeness (QED) is 0.484. The van der Waals surface area contributed by atoms with Gasteiger partial charge in [0.1, 0.15) is 0 Å². The average molecular weight is 168 g/mol. The summed E-state index contributed by atoms with van der Waals surface area (Å²) in [5.74, 6) is -0.0856. The second-order valence-electron chi connectivity index (χ2n) is 2.56. The van der Waals surface area contributed by atoms with Crippen molar-refractivity contribution >= 4 is 18.4 Å². The Hall–Kier alpha value is -1.13. The lowest BCUT2D eigenvalue weighted by Gasteiger charge is -2.00. The Balaban J connectivity index is 0. The van der Waals surface area contributed by atoms with Crippen molar-refractivity contribution in [3.05, 3.63) is 29.8 Å². The maximum absolute atomic E-state index is 10.9. The van der Waals surface area contributed by atoms with E-state index in [9.17, 15) is 4.79 Å². The molecule has 66 valence electrons. The van der Waals surface area contributed by atoms with Crippen LogP contribution in [0.3, 0.4) is 0 Å². The lowest BCUT2D eigenvalue weighted by atomic mass is 9.79. The smallest absolute Gasteiger partial charge is 0.423 e. The van der Waals surface area contributed by atoms with E-state index in [1.807, 2.05) is 0 Å². The zero-order chi connectivity index (χ0) is 9.14. The number of Topliss-reactive ketones (excluding diaryl/α,β-unsaturated/α-hetero) is 1. The van der Waals surface area contributed by atoms with E-state index in [0.717, 1.165) is 0 Å². The Kier molecular flexibility index (Phi) is 2.63. The highest BCUT2D eigenvalue weighted by atomic mass is 16.4. The molecule has 0 fully saturated rings. The van der Waals surface area contributed by atoms with Gasteiger partial charge in [-0.3, -0.25) is 4.79 Å². The standard InChI is InChI=1S/C8H9BO3.2H2/c1-6(10)7-3-2-4-8(5-7)9(11)12;;/h2-5,11-12H,1H3;2*1H. The predicted molar refractivity (Wildman–Crippen MR) is 50.5 cm³/mol. The van der Waals surface area contributed by atoms with Crippen LogP contribution in [0.5, 0.6) is 0 Å². The lowest BCUT2D eigenvalue weighted by Crippen LogP contribution is -2.30. The number of hydrogen-bond donors (Lipinski definition) is 2. The minimum absolute atomic E-state index is 0. The van der Waals surface area contributed by atoms with Crippen molar-refractivity contribution in [2.24, 2.45) is 0 Å². The zero-order valence-corrected chi connectivity index (χ0v) is 6.69. The lowest BCUT2D eigenvalue weighted by molar-refractivity contribution is 0.101. The van der Waals surface area contributed by atoms with Gasteiger partial charge in [-0.1, -0.05) is 24.3 Å². The first-order valence-corrected chi connectivity index (χ1v) is 3.58. The van der Waals surface area contributed by atoms with Crippen LogP contribution in [-0.4, -0.2) is 22.9 Å². The summed E-state index contributed by atoms with van der Waals surface area (Å²) in [6, 6.07) is 6.27. The molecule has 0 radical (unpaired) electrons. The van der Waals surface area contributed by atoms with Crippen LogP contribution >= 0.6 is 0 Å². The van der Waals surface area contributed by atoms with Gasteiger partial charge in [0.05, 0.1) is 0 Å². The molecular weight excluding hydrogens is 155 g/mol. The van der Waals surface area contributed by atoms with Crippen molar-refractivity contribution < 1.29 is 17.7 Å². The summed E-state index contributed by atoms with van der Waals surface area (Å²) in [5.41, 5.74) is 0.823. The van der Waals surface area contributed by atoms with E-state index in [2.05, 4.69) is 0 Å². The van der Waals surface area contributed by atoms with E-state index in [1.54, 1.807) is 18.2 Å². The van der Waals surface area contributed by atoms with Crippen molar-refractivity contribution in [1.29, 1.82) is 0 Å². The van der Waals surface area contributed by atoms with Crippen LogP contribution in [0, 0.1) is 0 Å². The molecule has 1 aromatic rings.